The SMILES string of the molecule is CC(=CCOc1ccc2ccc(=O)oc2c1)CC[C@@H]1C(C)(C)[C@H](O[C@H]2O[C@@H](CO)[C@H](O)[C@@H](O)[C@@H]2O)CC[C@]1(C)O. The summed E-state index contributed by atoms with van der Waals surface area (Å²) in [5, 5.41) is 52.4. The molecule has 0 spiro atoms. The standard InChI is InChI=1S/C30H42O10/c1-17(12-14-37-19-8-6-18-7-10-24(32)38-20(18)15-19)5-9-22-29(2,3)23(11-13-30(22,4)36)40-28-27(35)26(34)25(33)21(16-31)39-28/h6-8,10,12,15,21-23,25-28,31,33-36H,5,9,11,13-14,16H2,1-4H3/t21-,22+,23+,25-,26+,27-,28+,30-/m0/s1. The van der Waals surface area contributed by atoms with Gasteiger partial charge in [0.05, 0.1) is 18.3 Å². The summed E-state index contributed by atoms with van der Waals surface area (Å²) in [6, 6.07) is 8.43. The smallest absolute Gasteiger partial charge is 0.336 e. The number of hydrogen-bond donors (Lipinski definition) is 5. The number of allylic oxidation sites excluding steroid dienone is 1. The molecule has 2 aliphatic rings. The second-order valence-corrected chi connectivity index (χ2v) is 11.9. The number of aliphatic hydroxyl groups excluding tert-OH is 4. The van der Waals surface area contributed by atoms with Gasteiger partial charge in [0.1, 0.15) is 42.4 Å². The van der Waals surface area contributed by atoms with Gasteiger partial charge in [0.25, 0.3) is 0 Å². The normalized spacial score (nSPS) is 34.6. The highest BCUT2D eigenvalue weighted by molar-refractivity contribution is 5.77. The van der Waals surface area contributed by atoms with Crippen molar-refractivity contribution in [3.05, 3.63) is 52.4 Å². The van der Waals surface area contributed by atoms with Gasteiger partial charge < -0.3 is 44.2 Å². The van der Waals surface area contributed by atoms with Gasteiger partial charge in [0.2, 0.25) is 0 Å². The molecular weight excluding hydrogens is 520 g/mol. The van der Waals surface area contributed by atoms with Crippen molar-refractivity contribution in [1.82, 2.24) is 0 Å². The van der Waals surface area contributed by atoms with Crippen molar-refractivity contribution in [2.24, 2.45) is 11.3 Å². The summed E-state index contributed by atoms with van der Waals surface area (Å²) in [7, 11) is 0. The molecule has 10 nitrogen and oxygen atoms in total. The van der Waals surface area contributed by atoms with Crippen LogP contribution in [-0.2, 0) is 9.47 Å². The van der Waals surface area contributed by atoms with E-state index in [9.17, 15) is 30.3 Å². The lowest BCUT2D eigenvalue weighted by Gasteiger charge is -2.53. The minimum absolute atomic E-state index is 0.156. The predicted molar refractivity (Wildman–Crippen MR) is 147 cm³/mol. The topological polar surface area (TPSA) is 159 Å². The van der Waals surface area contributed by atoms with Gasteiger partial charge in [-0.2, -0.15) is 0 Å². The number of ether oxygens (including phenoxy) is 3. The van der Waals surface area contributed by atoms with Gasteiger partial charge in [-0.25, -0.2) is 4.79 Å². The minimum Gasteiger partial charge on any atom is -0.489 e. The number of benzene rings is 1. The third-order valence-electron chi connectivity index (χ3n) is 8.64. The molecule has 1 aliphatic heterocycles. The second kappa shape index (κ2) is 12.3. The lowest BCUT2D eigenvalue weighted by Crippen LogP contribution is -2.61. The van der Waals surface area contributed by atoms with Crippen LogP contribution < -0.4 is 10.4 Å². The third kappa shape index (κ3) is 6.60. The molecule has 0 bridgehead atoms. The van der Waals surface area contributed by atoms with Crippen molar-refractivity contribution >= 4 is 11.0 Å². The van der Waals surface area contributed by atoms with E-state index >= 15 is 0 Å². The lowest BCUT2D eigenvalue weighted by molar-refractivity contribution is -0.327. The summed E-state index contributed by atoms with van der Waals surface area (Å²) < 4.78 is 22.8. The van der Waals surface area contributed by atoms with E-state index < -0.39 is 60.1 Å². The molecule has 1 aromatic heterocycles. The van der Waals surface area contributed by atoms with Gasteiger partial charge in [0, 0.05) is 17.5 Å². The van der Waals surface area contributed by atoms with Crippen molar-refractivity contribution < 1.29 is 44.2 Å². The van der Waals surface area contributed by atoms with Crippen LogP contribution in [0.2, 0.25) is 0 Å². The molecule has 1 aliphatic carbocycles. The van der Waals surface area contributed by atoms with Crippen molar-refractivity contribution in [2.75, 3.05) is 13.2 Å². The van der Waals surface area contributed by atoms with Crippen LogP contribution in [0.4, 0.5) is 0 Å². The zero-order valence-electron chi connectivity index (χ0n) is 23.5. The highest BCUT2D eigenvalue weighted by Crippen LogP contribution is 2.50. The molecule has 0 radical (unpaired) electrons. The van der Waals surface area contributed by atoms with E-state index in [0.717, 1.165) is 11.0 Å². The molecule has 5 N–H and O–H groups in total. The van der Waals surface area contributed by atoms with Gasteiger partial charge in [-0.3, -0.25) is 0 Å². The average molecular weight is 563 g/mol. The van der Waals surface area contributed by atoms with Crippen molar-refractivity contribution in [3.8, 4) is 5.75 Å². The Morgan fingerprint density at radius 2 is 1.82 bits per heavy atom. The Morgan fingerprint density at radius 1 is 1.10 bits per heavy atom. The fraction of sp³-hybridized carbons (Fsp3) is 0.633. The van der Waals surface area contributed by atoms with Crippen molar-refractivity contribution in [1.29, 1.82) is 0 Å². The van der Waals surface area contributed by atoms with Gasteiger partial charge in [-0.05, 0) is 75.1 Å². The maximum atomic E-state index is 11.5. The van der Waals surface area contributed by atoms with Crippen LogP contribution in [0.5, 0.6) is 5.75 Å². The molecule has 0 amide bonds. The second-order valence-electron chi connectivity index (χ2n) is 11.9. The summed E-state index contributed by atoms with van der Waals surface area (Å²) in [5.74, 6) is 0.437. The first kappa shape index (κ1) is 30.6. The molecule has 2 heterocycles. The van der Waals surface area contributed by atoms with E-state index in [1.54, 1.807) is 12.1 Å². The number of aliphatic hydroxyl groups is 5. The molecule has 222 valence electrons. The zero-order valence-corrected chi connectivity index (χ0v) is 23.5. The minimum atomic E-state index is -1.51. The summed E-state index contributed by atoms with van der Waals surface area (Å²) in [5.41, 5.74) is -0.316. The molecular formula is C30H42O10. The molecule has 2 fully saturated rings. The summed E-state index contributed by atoms with van der Waals surface area (Å²) >= 11 is 0. The first-order valence-corrected chi connectivity index (χ1v) is 13.8. The van der Waals surface area contributed by atoms with Crippen LogP contribution in [0, 0.1) is 11.3 Å². The molecule has 1 aromatic carbocycles. The molecule has 1 saturated heterocycles. The van der Waals surface area contributed by atoms with Crippen molar-refractivity contribution in [3.63, 3.8) is 0 Å². The van der Waals surface area contributed by atoms with E-state index in [0.29, 0.717) is 43.6 Å². The maximum absolute atomic E-state index is 11.5. The largest absolute Gasteiger partial charge is 0.489 e. The van der Waals surface area contributed by atoms with Crippen LogP contribution in [0.3, 0.4) is 0 Å². The number of hydrogen-bond acceptors (Lipinski definition) is 10. The molecule has 2 aromatic rings. The quantitative estimate of drug-likeness (QED) is 0.227. The van der Waals surface area contributed by atoms with Gasteiger partial charge in [-0.1, -0.05) is 19.4 Å². The van der Waals surface area contributed by atoms with E-state index in [1.165, 1.54) is 6.07 Å². The van der Waals surface area contributed by atoms with Gasteiger partial charge in [-0.15, -0.1) is 0 Å². The van der Waals surface area contributed by atoms with Crippen LogP contribution in [0.15, 0.2) is 51.2 Å². The number of rotatable bonds is 9. The fourth-order valence-corrected chi connectivity index (χ4v) is 6.15. The Hall–Kier alpha value is -2.31. The Morgan fingerprint density at radius 3 is 2.55 bits per heavy atom. The van der Waals surface area contributed by atoms with E-state index in [4.69, 9.17) is 18.6 Å². The Kier molecular flexibility index (Phi) is 9.41. The number of fused-ring (bicyclic) bond motifs is 1. The highest BCUT2D eigenvalue weighted by atomic mass is 16.7. The van der Waals surface area contributed by atoms with Crippen LogP contribution in [-0.4, -0.2) is 81.2 Å². The zero-order chi connectivity index (χ0) is 29.2. The fourth-order valence-electron chi connectivity index (χ4n) is 6.15. The van der Waals surface area contributed by atoms with Gasteiger partial charge in [0.15, 0.2) is 6.29 Å². The van der Waals surface area contributed by atoms with Crippen LogP contribution in [0.25, 0.3) is 11.0 Å². The average Bonchev–Trinajstić information content (AvgIpc) is 2.89. The third-order valence-corrected chi connectivity index (χ3v) is 8.64. The van der Waals surface area contributed by atoms with Crippen molar-refractivity contribution in [2.45, 2.75) is 95.8 Å². The molecule has 1 saturated carbocycles. The molecule has 40 heavy (non-hydrogen) atoms. The summed E-state index contributed by atoms with van der Waals surface area (Å²) in [6.07, 6.45) is -2.73. The predicted octanol–water partition coefficient (Wildman–Crippen LogP) is 2.27. The Balaban J connectivity index is 1.37. The van der Waals surface area contributed by atoms with E-state index in [-0.39, 0.29) is 5.92 Å². The van der Waals surface area contributed by atoms with Crippen LogP contribution in [0.1, 0.15) is 53.4 Å². The van der Waals surface area contributed by atoms with Gasteiger partial charge >= 0.3 is 5.63 Å². The van der Waals surface area contributed by atoms with Crippen LogP contribution >= 0.6 is 0 Å². The lowest BCUT2D eigenvalue weighted by atomic mass is 9.59. The molecule has 4 rings (SSSR count). The monoisotopic (exact) mass is 562 g/mol. The maximum Gasteiger partial charge on any atom is 0.336 e. The first-order valence-electron chi connectivity index (χ1n) is 13.8. The van der Waals surface area contributed by atoms with E-state index in [2.05, 4.69) is 0 Å². The molecule has 0 unspecified atom stereocenters. The summed E-state index contributed by atoms with van der Waals surface area (Å²) in [6.45, 7) is 7.68. The Bertz CT molecular complexity index is 1230. The molecule has 8 atom stereocenters. The van der Waals surface area contributed by atoms with E-state index in [1.807, 2.05) is 45.9 Å². The Labute approximate surface area is 233 Å². The summed E-state index contributed by atoms with van der Waals surface area (Å²) in [4.78, 5) is 11.5. The molecule has 10 heteroatoms. The first-order chi connectivity index (χ1) is 18.8. The highest BCUT2D eigenvalue weighted by Gasteiger charge is 2.53.